The fourth-order valence-corrected chi connectivity index (χ4v) is 2.49. The lowest BCUT2D eigenvalue weighted by atomic mass is 9.74. The van der Waals surface area contributed by atoms with E-state index in [1.807, 2.05) is 0 Å². The van der Waals surface area contributed by atoms with Gasteiger partial charge < -0.3 is 0 Å². The van der Waals surface area contributed by atoms with E-state index in [9.17, 15) is 0 Å². The second kappa shape index (κ2) is 3.13. The summed E-state index contributed by atoms with van der Waals surface area (Å²) in [4.78, 5) is 0. The van der Waals surface area contributed by atoms with Crippen molar-refractivity contribution in [3.8, 4) is 0 Å². The molecule has 1 aliphatic rings. The van der Waals surface area contributed by atoms with E-state index in [0.29, 0.717) is 5.41 Å². The van der Waals surface area contributed by atoms with Crippen molar-refractivity contribution in [1.82, 2.24) is 0 Å². The van der Waals surface area contributed by atoms with Crippen molar-refractivity contribution >= 4 is 15.9 Å². The summed E-state index contributed by atoms with van der Waals surface area (Å²) in [7, 11) is 0. The average Bonchev–Trinajstić information content (AvgIpc) is 2.01. The second-order valence-electron chi connectivity index (χ2n) is 4.75. The molecule has 1 aromatic carbocycles. The van der Waals surface area contributed by atoms with Gasteiger partial charge in [-0.15, -0.1) is 0 Å². The molecule has 13 heavy (non-hydrogen) atoms. The summed E-state index contributed by atoms with van der Waals surface area (Å²) in [5.41, 5.74) is 3.57. The summed E-state index contributed by atoms with van der Waals surface area (Å²) in [6, 6.07) is 6.68. The zero-order chi connectivity index (χ0) is 9.47. The minimum absolute atomic E-state index is 0.494. The zero-order valence-corrected chi connectivity index (χ0v) is 9.82. The quantitative estimate of drug-likeness (QED) is 0.642. The number of rotatable bonds is 0. The number of halogens is 1. The highest BCUT2D eigenvalue weighted by Gasteiger charge is 2.24. The number of hydrogen-bond acceptors (Lipinski definition) is 0. The van der Waals surface area contributed by atoms with Crippen molar-refractivity contribution in [2.75, 3.05) is 0 Å². The zero-order valence-electron chi connectivity index (χ0n) is 8.23. The van der Waals surface area contributed by atoms with Crippen LogP contribution in [-0.4, -0.2) is 0 Å². The Kier molecular flexibility index (Phi) is 2.23. The molecule has 0 spiro atoms. The van der Waals surface area contributed by atoms with Gasteiger partial charge in [0.15, 0.2) is 0 Å². The molecule has 0 saturated carbocycles. The fourth-order valence-electron chi connectivity index (χ4n) is 2.08. The van der Waals surface area contributed by atoms with Gasteiger partial charge in [-0.3, -0.25) is 0 Å². The lowest BCUT2D eigenvalue weighted by Crippen LogP contribution is -2.21. The van der Waals surface area contributed by atoms with Gasteiger partial charge >= 0.3 is 0 Å². The topological polar surface area (TPSA) is 0 Å². The molecule has 0 bridgehead atoms. The van der Waals surface area contributed by atoms with Crippen LogP contribution in [0.25, 0.3) is 0 Å². The average molecular weight is 239 g/mol. The minimum Gasteiger partial charge on any atom is -0.0596 e. The third kappa shape index (κ3) is 1.96. The molecule has 1 aromatic rings. The summed E-state index contributed by atoms with van der Waals surface area (Å²) in [6.45, 7) is 4.72. The van der Waals surface area contributed by atoms with E-state index >= 15 is 0 Å². The minimum atomic E-state index is 0.494. The van der Waals surface area contributed by atoms with Crippen LogP contribution in [0.3, 0.4) is 0 Å². The maximum Gasteiger partial charge on any atom is 0.0178 e. The van der Waals surface area contributed by atoms with E-state index in [1.165, 1.54) is 29.3 Å². The van der Waals surface area contributed by atoms with E-state index in [2.05, 4.69) is 48.0 Å². The largest absolute Gasteiger partial charge is 0.0596 e. The molecule has 0 fully saturated rings. The maximum absolute atomic E-state index is 3.53. The first-order valence-corrected chi connectivity index (χ1v) is 5.63. The van der Waals surface area contributed by atoms with Gasteiger partial charge in [0, 0.05) is 4.47 Å². The molecule has 0 aromatic heterocycles. The number of fused-ring (bicyclic) bond motifs is 1. The van der Waals surface area contributed by atoms with Crippen molar-refractivity contribution in [3.05, 3.63) is 33.8 Å². The van der Waals surface area contributed by atoms with Crippen LogP contribution < -0.4 is 0 Å². The molecule has 0 atom stereocenters. The van der Waals surface area contributed by atoms with Crippen LogP contribution in [0.15, 0.2) is 22.7 Å². The van der Waals surface area contributed by atoms with Crippen molar-refractivity contribution in [1.29, 1.82) is 0 Å². The first-order chi connectivity index (χ1) is 6.07. The standard InChI is InChI=1S/C12H15Br/c1-12(2)6-5-9-3-4-11(13)7-10(9)8-12/h3-4,7H,5-6,8H2,1-2H3. The van der Waals surface area contributed by atoms with Gasteiger partial charge in [-0.1, -0.05) is 35.8 Å². The molecular formula is C12H15Br. The highest BCUT2D eigenvalue weighted by molar-refractivity contribution is 9.10. The van der Waals surface area contributed by atoms with Gasteiger partial charge in [-0.2, -0.15) is 0 Å². The molecule has 0 nitrogen and oxygen atoms in total. The molecule has 1 heteroatoms. The Hall–Kier alpha value is -0.300. The van der Waals surface area contributed by atoms with Crippen molar-refractivity contribution in [2.24, 2.45) is 5.41 Å². The SMILES string of the molecule is CC1(C)CCc2ccc(Br)cc2C1. The van der Waals surface area contributed by atoms with E-state index in [-0.39, 0.29) is 0 Å². The Morgan fingerprint density at radius 3 is 2.77 bits per heavy atom. The molecule has 0 radical (unpaired) electrons. The molecule has 0 heterocycles. The summed E-state index contributed by atoms with van der Waals surface area (Å²) < 4.78 is 1.21. The van der Waals surface area contributed by atoms with Gasteiger partial charge in [-0.05, 0) is 47.9 Å². The molecule has 0 amide bonds. The summed E-state index contributed by atoms with van der Waals surface area (Å²) in [5.74, 6) is 0. The smallest absolute Gasteiger partial charge is 0.0178 e. The van der Waals surface area contributed by atoms with Gasteiger partial charge in [0.2, 0.25) is 0 Å². The molecule has 2 rings (SSSR count). The Labute approximate surface area is 88.5 Å². The van der Waals surface area contributed by atoms with Crippen LogP contribution in [0.5, 0.6) is 0 Å². The van der Waals surface area contributed by atoms with Crippen LogP contribution in [0, 0.1) is 5.41 Å². The number of aryl methyl sites for hydroxylation is 1. The van der Waals surface area contributed by atoms with E-state index in [1.54, 1.807) is 5.56 Å². The van der Waals surface area contributed by atoms with E-state index < -0.39 is 0 Å². The van der Waals surface area contributed by atoms with Gasteiger partial charge in [0.05, 0.1) is 0 Å². The predicted molar refractivity (Wildman–Crippen MR) is 59.9 cm³/mol. The first kappa shape index (κ1) is 9.26. The number of benzene rings is 1. The highest BCUT2D eigenvalue weighted by atomic mass is 79.9. The molecule has 0 unspecified atom stereocenters. The van der Waals surface area contributed by atoms with Crippen molar-refractivity contribution < 1.29 is 0 Å². The Balaban J connectivity index is 2.38. The summed E-state index contributed by atoms with van der Waals surface area (Å²) >= 11 is 3.53. The van der Waals surface area contributed by atoms with Crippen LogP contribution in [-0.2, 0) is 12.8 Å². The fraction of sp³-hybridized carbons (Fsp3) is 0.500. The van der Waals surface area contributed by atoms with Crippen LogP contribution in [0.2, 0.25) is 0 Å². The van der Waals surface area contributed by atoms with Crippen LogP contribution in [0.4, 0.5) is 0 Å². The normalized spacial score (nSPS) is 19.6. The third-order valence-corrected chi connectivity index (χ3v) is 3.40. The molecule has 1 aliphatic carbocycles. The first-order valence-electron chi connectivity index (χ1n) is 4.84. The lowest BCUT2D eigenvalue weighted by Gasteiger charge is -2.31. The molecule has 0 N–H and O–H groups in total. The molecule has 70 valence electrons. The summed E-state index contributed by atoms with van der Waals surface area (Å²) in [5, 5.41) is 0. The lowest BCUT2D eigenvalue weighted by molar-refractivity contribution is 0.315. The van der Waals surface area contributed by atoms with Gasteiger partial charge in [0.25, 0.3) is 0 Å². The monoisotopic (exact) mass is 238 g/mol. The van der Waals surface area contributed by atoms with Crippen molar-refractivity contribution in [3.63, 3.8) is 0 Å². The van der Waals surface area contributed by atoms with Crippen LogP contribution >= 0.6 is 15.9 Å². The van der Waals surface area contributed by atoms with Crippen molar-refractivity contribution in [2.45, 2.75) is 33.1 Å². The Morgan fingerprint density at radius 2 is 2.00 bits per heavy atom. The second-order valence-corrected chi connectivity index (χ2v) is 5.67. The molecule has 0 aliphatic heterocycles. The Bertz CT molecular complexity index is 326. The molecular weight excluding hydrogens is 224 g/mol. The van der Waals surface area contributed by atoms with Gasteiger partial charge in [-0.25, -0.2) is 0 Å². The van der Waals surface area contributed by atoms with E-state index in [0.717, 1.165) is 0 Å². The maximum atomic E-state index is 3.53. The van der Waals surface area contributed by atoms with E-state index in [4.69, 9.17) is 0 Å². The van der Waals surface area contributed by atoms with Gasteiger partial charge in [0.1, 0.15) is 0 Å². The third-order valence-electron chi connectivity index (χ3n) is 2.91. The molecule has 0 saturated heterocycles. The number of hydrogen-bond donors (Lipinski definition) is 0. The predicted octanol–water partition coefficient (Wildman–Crippen LogP) is 3.96. The Morgan fingerprint density at radius 1 is 1.23 bits per heavy atom. The van der Waals surface area contributed by atoms with Crippen LogP contribution in [0.1, 0.15) is 31.4 Å². The summed E-state index contributed by atoms with van der Waals surface area (Å²) in [6.07, 6.45) is 3.79. The highest BCUT2D eigenvalue weighted by Crippen LogP contribution is 2.35.